The number of hydrogen-bond acceptors (Lipinski definition) is 5. The maximum absolute atomic E-state index is 13.2. The molecule has 25 heavy (non-hydrogen) atoms. The van der Waals surface area contributed by atoms with E-state index in [1.54, 1.807) is 25.4 Å². The molecule has 0 aliphatic heterocycles. The van der Waals surface area contributed by atoms with Gasteiger partial charge in [0.1, 0.15) is 11.6 Å². The predicted octanol–water partition coefficient (Wildman–Crippen LogP) is 4.36. The zero-order valence-electron chi connectivity index (χ0n) is 13.6. The van der Waals surface area contributed by atoms with Crippen molar-refractivity contribution in [3.63, 3.8) is 0 Å². The van der Waals surface area contributed by atoms with Crippen molar-refractivity contribution >= 4 is 17.1 Å². The first-order chi connectivity index (χ1) is 12.2. The van der Waals surface area contributed by atoms with E-state index in [0.717, 1.165) is 10.4 Å². The number of hydrogen-bond donors (Lipinski definition) is 0. The first kappa shape index (κ1) is 17.3. The molecule has 0 bridgehead atoms. The third-order valence-electron chi connectivity index (χ3n) is 3.48. The molecule has 0 spiro atoms. The molecule has 1 aromatic heterocycles. The van der Waals surface area contributed by atoms with Crippen LogP contribution in [0.25, 0.3) is 10.4 Å². The van der Waals surface area contributed by atoms with E-state index in [1.807, 2.05) is 24.3 Å². The molecule has 0 saturated heterocycles. The molecule has 0 amide bonds. The maximum atomic E-state index is 13.2. The summed E-state index contributed by atoms with van der Waals surface area (Å²) < 4.78 is 23.4. The Hall–Kier alpha value is -2.57. The van der Waals surface area contributed by atoms with Gasteiger partial charge in [0, 0.05) is 19.7 Å². The number of thiazole rings is 1. The Morgan fingerprint density at radius 3 is 2.72 bits per heavy atom. The molecule has 0 atom stereocenters. The van der Waals surface area contributed by atoms with E-state index in [9.17, 15) is 9.18 Å². The molecule has 0 radical (unpaired) electrons. The zero-order chi connectivity index (χ0) is 17.6. The van der Waals surface area contributed by atoms with Crippen LogP contribution in [0.1, 0.15) is 15.4 Å². The minimum absolute atomic E-state index is 0.123. The van der Waals surface area contributed by atoms with Gasteiger partial charge in [-0.1, -0.05) is 12.1 Å². The van der Waals surface area contributed by atoms with Crippen LogP contribution in [0.2, 0.25) is 0 Å². The molecule has 0 fully saturated rings. The van der Waals surface area contributed by atoms with Crippen molar-refractivity contribution < 1.29 is 18.7 Å². The van der Waals surface area contributed by atoms with Gasteiger partial charge in [0.05, 0.1) is 4.88 Å². The number of aromatic nitrogens is 1. The minimum atomic E-state index is -0.346. The minimum Gasteiger partial charge on any atom is -0.468 e. The maximum Gasteiger partial charge on any atom is 0.195 e. The van der Waals surface area contributed by atoms with Gasteiger partial charge in [-0.3, -0.25) is 4.79 Å². The fourth-order valence-corrected chi connectivity index (χ4v) is 3.15. The largest absolute Gasteiger partial charge is 0.468 e. The second-order valence-electron chi connectivity index (χ2n) is 5.33. The first-order valence-corrected chi connectivity index (χ1v) is 8.43. The number of methoxy groups -OCH3 is 1. The van der Waals surface area contributed by atoms with Gasteiger partial charge in [0.25, 0.3) is 0 Å². The highest BCUT2D eigenvalue weighted by Gasteiger charge is 2.13. The number of carbonyl (C=O) groups excluding carboxylic acids is 1. The molecule has 0 saturated carbocycles. The van der Waals surface area contributed by atoms with Crippen LogP contribution < -0.4 is 4.74 Å². The first-order valence-electron chi connectivity index (χ1n) is 7.61. The van der Waals surface area contributed by atoms with Crippen LogP contribution in [0.15, 0.2) is 54.7 Å². The van der Waals surface area contributed by atoms with E-state index >= 15 is 0 Å². The van der Waals surface area contributed by atoms with E-state index in [-0.39, 0.29) is 24.8 Å². The van der Waals surface area contributed by atoms with Gasteiger partial charge < -0.3 is 9.47 Å². The summed E-state index contributed by atoms with van der Waals surface area (Å²) in [5, 5.41) is 0.416. The van der Waals surface area contributed by atoms with E-state index in [2.05, 4.69) is 4.98 Å². The zero-order valence-corrected chi connectivity index (χ0v) is 14.4. The molecule has 4 nitrogen and oxygen atoms in total. The SMILES string of the molecule is COCOc1ccc(-c2cnc(C(=O)Cc3cccc(F)c3)s2)cc1. The summed E-state index contributed by atoms with van der Waals surface area (Å²) in [4.78, 5) is 17.4. The lowest BCUT2D eigenvalue weighted by Crippen LogP contribution is -2.02. The predicted molar refractivity (Wildman–Crippen MR) is 94.5 cm³/mol. The van der Waals surface area contributed by atoms with Crippen LogP contribution in [-0.2, 0) is 11.2 Å². The summed E-state index contributed by atoms with van der Waals surface area (Å²) in [5.74, 6) is 0.236. The van der Waals surface area contributed by atoms with Crippen LogP contribution in [0.5, 0.6) is 5.75 Å². The molecule has 1 heterocycles. The van der Waals surface area contributed by atoms with Crippen molar-refractivity contribution in [1.29, 1.82) is 0 Å². The Labute approximate surface area is 148 Å². The number of nitrogens with zero attached hydrogens (tertiary/aromatic N) is 1. The highest BCUT2D eigenvalue weighted by atomic mass is 32.1. The molecule has 2 aromatic carbocycles. The number of benzene rings is 2. The summed E-state index contributed by atoms with van der Waals surface area (Å²) in [6.07, 6.45) is 1.81. The molecule has 3 aromatic rings. The van der Waals surface area contributed by atoms with Crippen molar-refractivity contribution in [2.45, 2.75) is 6.42 Å². The van der Waals surface area contributed by atoms with Crippen LogP contribution in [0.4, 0.5) is 4.39 Å². The molecule has 6 heteroatoms. The third kappa shape index (κ3) is 4.49. The molecule has 128 valence electrons. The normalized spacial score (nSPS) is 10.6. The lowest BCUT2D eigenvalue weighted by molar-refractivity contribution is 0.0511. The quantitative estimate of drug-likeness (QED) is 0.466. The average molecular weight is 357 g/mol. The standard InChI is InChI=1S/C19H16FNO3S/c1-23-12-24-16-7-5-14(6-8-16)18-11-21-19(25-18)17(22)10-13-3-2-4-15(20)9-13/h2-9,11H,10,12H2,1H3. The van der Waals surface area contributed by atoms with Crippen LogP contribution >= 0.6 is 11.3 Å². The molecule has 0 unspecified atom stereocenters. The molecule has 0 aliphatic rings. The number of carbonyl (C=O) groups is 1. The van der Waals surface area contributed by atoms with Gasteiger partial charge in [-0.25, -0.2) is 9.37 Å². The average Bonchev–Trinajstić information content (AvgIpc) is 3.11. The monoisotopic (exact) mass is 357 g/mol. The van der Waals surface area contributed by atoms with E-state index < -0.39 is 0 Å². The lowest BCUT2D eigenvalue weighted by atomic mass is 10.1. The van der Waals surface area contributed by atoms with Crippen LogP contribution in [-0.4, -0.2) is 24.7 Å². The van der Waals surface area contributed by atoms with Crippen molar-refractivity contribution in [2.75, 3.05) is 13.9 Å². The van der Waals surface area contributed by atoms with Gasteiger partial charge >= 0.3 is 0 Å². The van der Waals surface area contributed by atoms with Crippen LogP contribution in [0.3, 0.4) is 0 Å². The van der Waals surface area contributed by atoms with E-state index in [1.165, 1.54) is 23.5 Å². The lowest BCUT2D eigenvalue weighted by Gasteiger charge is -2.04. The number of rotatable bonds is 7. The van der Waals surface area contributed by atoms with Gasteiger partial charge in [0.2, 0.25) is 0 Å². The van der Waals surface area contributed by atoms with Gasteiger partial charge in [0.15, 0.2) is 17.6 Å². The highest BCUT2D eigenvalue weighted by molar-refractivity contribution is 7.17. The van der Waals surface area contributed by atoms with Gasteiger partial charge in [-0.05, 0) is 47.5 Å². The number of ketones is 1. The summed E-state index contributed by atoms with van der Waals surface area (Å²) in [7, 11) is 1.56. The molecule has 0 aliphatic carbocycles. The van der Waals surface area contributed by atoms with Crippen molar-refractivity contribution in [3.8, 4) is 16.2 Å². The van der Waals surface area contributed by atoms with Crippen molar-refractivity contribution in [1.82, 2.24) is 4.98 Å². The smallest absolute Gasteiger partial charge is 0.195 e. The number of ether oxygens (including phenoxy) is 2. The summed E-state index contributed by atoms with van der Waals surface area (Å²) >= 11 is 1.32. The second kappa shape index (κ2) is 8.00. The Kier molecular flexibility index (Phi) is 5.53. The Bertz CT molecular complexity index is 861. The fourth-order valence-electron chi connectivity index (χ4n) is 2.29. The molecule has 3 rings (SSSR count). The highest BCUT2D eigenvalue weighted by Crippen LogP contribution is 2.28. The second-order valence-corrected chi connectivity index (χ2v) is 6.37. The molecular formula is C19H16FNO3S. The summed E-state index contributed by atoms with van der Waals surface area (Å²) in [5.41, 5.74) is 1.59. The van der Waals surface area contributed by atoms with Crippen molar-refractivity contribution in [2.24, 2.45) is 0 Å². The van der Waals surface area contributed by atoms with Crippen molar-refractivity contribution in [3.05, 3.63) is 71.1 Å². The number of halogens is 1. The van der Waals surface area contributed by atoms with Crippen LogP contribution in [0, 0.1) is 5.82 Å². The summed E-state index contributed by atoms with van der Waals surface area (Å²) in [6, 6.07) is 13.5. The van der Waals surface area contributed by atoms with E-state index in [0.29, 0.717) is 16.3 Å². The Morgan fingerprint density at radius 2 is 2.00 bits per heavy atom. The van der Waals surface area contributed by atoms with Gasteiger partial charge in [-0.2, -0.15) is 0 Å². The number of Topliss-reactive ketones (excluding diaryl/α,β-unsaturated/α-hetero) is 1. The topological polar surface area (TPSA) is 48.4 Å². The third-order valence-corrected chi connectivity index (χ3v) is 4.57. The fraction of sp³-hybridized carbons (Fsp3) is 0.158. The Morgan fingerprint density at radius 1 is 1.20 bits per heavy atom. The Balaban J connectivity index is 1.70. The summed E-state index contributed by atoms with van der Waals surface area (Å²) in [6.45, 7) is 0.193. The van der Waals surface area contributed by atoms with Gasteiger partial charge in [-0.15, -0.1) is 11.3 Å². The molecular weight excluding hydrogens is 341 g/mol. The molecule has 0 N–H and O–H groups in total. The van der Waals surface area contributed by atoms with E-state index in [4.69, 9.17) is 9.47 Å².